The summed E-state index contributed by atoms with van der Waals surface area (Å²) in [5, 5.41) is 2.31. The van der Waals surface area contributed by atoms with Gasteiger partial charge in [0.15, 0.2) is 5.01 Å². The Kier molecular flexibility index (Phi) is 4.84. The van der Waals surface area contributed by atoms with E-state index in [4.69, 9.17) is 5.84 Å². The van der Waals surface area contributed by atoms with Crippen LogP contribution in [0.5, 0.6) is 0 Å². The van der Waals surface area contributed by atoms with Gasteiger partial charge >= 0.3 is 0 Å². The Morgan fingerprint density at radius 3 is 2.72 bits per heavy atom. The van der Waals surface area contributed by atoms with E-state index in [0.717, 1.165) is 12.2 Å². The van der Waals surface area contributed by atoms with Crippen molar-refractivity contribution in [2.24, 2.45) is 11.3 Å². The zero-order valence-electron chi connectivity index (χ0n) is 11.7. The number of amides is 1. The van der Waals surface area contributed by atoms with Crippen LogP contribution in [0.25, 0.3) is 0 Å². The third-order valence-electron chi connectivity index (χ3n) is 3.20. The number of hydrogen-bond acceptors (Lipinski definition) is 5. The Morgan fingerprint density at radius 1 is 1.61 bits per heavy atom. The van der Waals surface area contributed by atoms with E-state index < -0.39 is 0 Å². The number of nitrogen functional groups attached to an aromatic ring is 1. The zero-order valence-corrected chi connectivity index (χ0v) is 12.5. The molecule has 0 spiro atoms. The Labute approximate surface area is 112 Å². The molecule has 6 heteroatoms. The summed E-state index contributed by atoms with van der Waals surface area (Å²) in [7, 11) is 2.07. The fourth-order valence-electron chi connectivity index (χ4n) is 1.60. The number of hydrazine groups is 1. The molecule has 0 radical (unpaired) electrons. The number of thiazole rings is 1. The monoisotopic (exact) mass is 270 g/mol. The second-order valence-corrected chi connectivity index (χ2v) is 6.43. The second-order valence-electron chi connectivity index (χ2n) is 5.57. The predicted octanol–water partition coefficient (Wildman–Crippen LogP) is 1.61. The van der Waals surface area contributed by atoms with E-state index in [0.29, 0.717) is 11.0 Å². The number of nitrogens with two attached hydrogens (primary N) is 1. The summed E-state index contributed by atoms with van der Waals surface area (Å²) >= 11 is 1.31. The number of aromatic nitrogens is 1. The average Bonchev–Trinajstić information content (AvgIpc) is 2.74. The lowest BCUT2D eigenvalue weighted by molar-refractivity contribution is 0.0952. The van der Waals surface area contributed by atoms with Gasteiger partial charge in [-0.2, -0.15) is 0 Å². The molecule has 1 unspecified atom stereocenters. The highest BCUT2D eigenvalue weighted by molar-refractivity contribution is 7.11. The maximum absolute atomic E-state index is 11.3. The molecule has 18 heavy (non-hydrogen) atoms. The smallest absolute Gasteiger partial charge is 0.294 e. The number of carbonyl (C=O) groups excluding carboxylic acids is 1. The quantitative estimate of drug-likeness (QED) is 0.495. The van der Waals surface area contributed by atoms with Crippen LogP contribution in [0.15, 0.2) is 5.38 Å². The van der Waals surface area contributed by atoms with Crippen LogP contribution >= 0.6 is 11.3 Å². The summed E-state index contributed by atoms with van der Waals surface area (Å²) in [5.74, 6) is 4.74. The van der Waals surface area contributed by atoms with E-state index >= 15 is 0 Å². The van der Waals surface area contributed by atoms with Crippen LogP contribution < -0.4 is 11.3 Å². The zero-order chi connectivity index (χ0) is 13.9. The van der Waals surface area contributed by atoms with Gasteiger partial charge in [-0.3, -0.25) is 15.1 Å². The Bertz CT molecular complexity index is 410. The molecule has 1 heterocycles. The minimum atomic E-state index is -0.335. The van der Waals surface area contributed by atoms with Crippen molar-refractivity contribution in [3.8, 4) is 0 Å². The first-order valence-corrected chi connectivity index (χ1v) is 6.79. The van der Waals surface area contributed by atoms with Gasteiger partial charge in [0.05, 0.1) is 5.69 Å². The molecule has 0 aliphatic rings. The number of nitrogens with zero attached hydrogens (tertiary/aromatic N) is 2. The van der Waals surface area contributed by atoms with Gasteiger partial charge in [-0.05, 0) is 19.4 Å². The summed E-state index contributed by atoms with van der Waals surface area (Å²) in [5.41, 5.74) is 3.20. The van der Waals surface area contributed by atoms with Crippen molar-refractivity contribution in [3.05, 3.63) is 16.1 Å². The lowest BCUT2D eigenvalue weighted by Gasteiger charge is -2.35. The molecule has 1 aromatic heterocycles. The summed E-state index contributed by atoms with van der Waals surface area (Å²) in [6.45, 7) is 9.56. The van der Waals surface area contributed by atoms with Gasteiger partial charge in [0.1, 0.15) is 0 Å². The van der Waals surface area contributed by atoms with Crippen molar-refractivity contribution in [2.75, 3.05) is 7.05 Å². The Hall–Kier alpha value is -0.980. The van der Waals surface area contributed by atoms with Crippen LogP contribution in [0, 0.1) is 5.41 Å². The summed E-state index contributed by atoms with van der Waals surface area (Å²) in [4.78, 5) is 17.8. The molecule has 1 rings (SSSR count). The van der Waals surface area contributed by atoms with E-state index in [1.54, 1.807) is 0 Å². The molecule has 5 nitrogen and oxygen atoms in total. The molecule has 3 N–H and O–H groups in total. The molecule has 1 aromatic rings. The molecule has 1 amide bonds. The largest absolute Gasteiger partial charge is 0.297 e. The highest BCUT2D eigenvalue weighted by Crippen LogP contribution is 2.24. The SMILES string of the molecule is CC(N(C)Cc1csc(C(=O)NN)n1)C(C)(C)C. The van der Waals surface area contributed by atoms with E-state index in [9.17, 15) is 4.79 Å². The topological polar surface area (TPSA) is 71.2 Å². The van der Waals surface area contributed by atoms with E-state index in [1.165, 1.54) is 11.3 Å². The van der Waals surface area contributed by atoms with Crippen molar-refractivity contribution in [3.63, 3.8) is 0 Å². The fraction of sp³-hybridized carbons (Fsp3) is 0.667. The van der Waals surface area contributed by atoms with Crippen LogP contribution in [0.3, 0.4) is 0 Å². The van der Waals surface area contributed by atoms with Gasteiger partial charge in [-0.15, -0.1) is 11.3 Å². The van der Waals surface area contributed by atoms with Crippen LogP contribution in [-0.4, -0.2) is 28.9 Å². The molecule has 0 saturated heterocycles. The first kappa shape index (κ1) is 15.1. The lowest BCUT2D eigenvalue weighted by atomic mass is 9.87. The molecule has 102 valence electrons. The Balaban J connectivity index is 2.68. The van der Waals surface area contributed by atoms with Crippen LogP contribution in [0.4, 0.5) is 0 Å². The van der Waals surface area contributed by atoms with Crippen molar-refractivity contribution in [2.45, 2.75) is 40.3 Å². The highest BCUT2D eigenvalue weighted by Gasteiger charge is 2.24. The van der Waals surface area contributed by atoms with E-state index in [-0.39, 0.29) is 11.3 Å². The van der Waals surface area contributed by atoms with Crippen LogP contribution in [-0.2, 0) is 6.54 Å². The minimum absolute atomic E-state index is 0.211. The first-order chi connectivity index (χ1) is 8.25. The normalized spacial score (nSPS) is 13.7. The molecule has 0 aliphatic heterocycles. The van der Waals surface area contributed by atoms with E-state index in [2.05, 4.69) is 50.1 Å². The second kappa shape index (κ2) is 5.77. The fourth-order valence-corrected chi connectivity index (χ4v) is 2.31. The predicted molar refractivity (Wildman–Crippen MR) is 74.2 cm³/mol. The maximum atomic E-state index is 11.3. The van der Waals surface area contributed by atoms with Crippen LogP contribution in [0.2, 0.25) is 0 Å². The van der Waals surface area contributed by atoms with Gasteiger partial charge in [0.2, 0.25) is 0 Å². The number of carbonyl (C=O) groups is 1. The first-order valence-electron chi connectivity index (χ1n) is 5.91. The molecule has 0 aromatic carbocycles. The van der Waals surface area contributed by atoms with Gasteiger partial charge < -0.3 is 0 Å². The third kappa shape index (κ3) is 3.76. The number of rotatable bonds is 4. The standard InChI is InChI=1S/C12H22N4OS/c1-8(12(2,3)4)16(5)6-9-7-18-11(14-9)10(17)15-13/h7-8H,6,13H2,1-5H3,(H,15,17). The molecule has 0 fully saturated rings. The van der Waals surface area contributed by atoms with Gasteiger partial charge in [0.25, 0.3) is 5.91 Å². The molecule has 1 atom stereocenters. The summed E-state index contributed by atoms with van der Waals surface area (Å²) in [6.07, 6.45) is 0. The lowest BCUT2D eigenvalue weighted by Crippen LogP contribution is -2.38. The minimum Gasteiger partial charge on any atom is -0.297 e. The van der Waals surface area contributed by atoms with Crippen molar-refractivity contribution in [1.82, 2.24) is 15.3 Å². The van der Waals surface area contributed by atoms with Gasteiger partial charge in [-0.1, -0.05) is 20.8 Å². The molecular formula is C12H22N4OS. The molecular weight excluding hydrogens is 248 g/mol. The summed E-state index contributed by atoms with van der Waals surface area (Å²) < 4.78 is 0. The third-order valence-corrected chi connectivity index (χ3v) is 4.09. The number of hydrogen-bond donors (Lipinski definition) is 2. The maximum Gasteiger partial charge on any atom is 0.294 e. The molecule has 0 saturated carbocycles. The number of nitrogens with one attached hydrogen (secondary N) is 1. The Morgan fingerprint density at radius 2 is 2.22 bits per heavy atom. The molecule has 0 bridgehead atoms. The van der Waals surface area contributed by atoms with E-state index in [1.807, 2.05) is 5.38 Å². The van der Waals surface area contributed by atoms with Crippen LogP contribution in [0.1, 0.15) is 43.2 Å². The van der Waals surface area contributed by atoms with Crippen molar-refractivity contribution >= 4 is 17.2 Å². The van der Waals surface area contributed by atoms with Crippen molar-refractivity contribution < 1.29 is 4.79 Å². The van der Waals surface area contributed by atoms with Crippen molar-refractivity contribution in [1.29, 1.82) is 0 Å². The average molecular weight is 270 g/mol. The summed E-state index contributed by atoms with van der Waals surface area (Å²) in [6, 6.07) is 0.422. The van der Waals surface area contributed by atoms with Gasteiger partial charge in [-0.25, -0.2) is 10.8 Å². The highest BCUT2D eigenvalue weighted by atomic mass is 32.1. The molecule has 0 aliphatic carbocycles. The van der Waals surface area contributed by atoms with Gasteiger partial charge in [0, 0.05) is 18.0 Å².